The van der Waals surface area contributed by atoms with Crippen LogP contribution in [-0.2, 0) is 11.3 Å². The molecule has 1 unspecified atom stereocenters. The summed E-state index contributed by atoms with van der Waals surface area (Å²) in [5.74, 6) is 0.648. The molecule has 0 aliphatic carbocycles. The Hall–Kier alpha value is -0.410. The molecule has 0 aromatic carbocycles. The minimum atomic E-state index is 0.648. The number of pyridine rings is 1. The van der Waals surface area contributed by atoms with Crippen molar-refractivity contribution < 1.29 is 4.74 Å². The van der Waals surface area contributed by atoms with Gasteiger partial charge in [0.2, 0.25) is 0 Å². The van der Waals surface area contributed by atoms with E-state index in [-0.39, 0.29) is 0 Å². The molecular weight excluding hydrogens is 254 g/mol. The van der Waals surface area contributed by atoms with E-state index in [0.29, 0.717) is 12.5 Å². The fourth-order valence-corrected chi connectivity index (χ4v) is 1.90. The fourth-order valence-electron chi connectivity index (χ4n) is 1.49. The number of hydrogen-bond acceptors (Lipinski definition) is 2. The first-order chi connectivity index (χ1) is 7.22. The first-order valence-corrected chi connectivity index (χ1v) is 6.18. The largest absolute Gasteiger partial charge is 0.376 e. The topological polar surface area (TPSA) is 22.1 Å². The second kappa shape index (κ2) is 6.96. The van der Waals surface area contributed by atoms with Gasteiger partial charge in [0.25, 0.3) is 0 Å². The Balaban J connectivity index is 2.25. The molecular formula is C12H18BrNO. The lowest BCUT2D eigenvalue weighted by molar-refractivity contribution is 0.0891. The number of nitrogens with zero attached hydrogens (tertiary/aromatic N) is 1. The summed E-state index contributed by atoms with van der Waals surface area (Å²) < 4.78 is 6.63. The molecule has 0 fully saturated rings. The minimum absolute atomic E-state index is 0.648. The molecule has 2 nitrogen and oxygen atoms in total. The lowest BCUT2D eigenvalue weighted by Gasteiger charge is -2.10. The van der Waals surface area contributed by atoms with Gasteiger partial charge in [-0.3, -0.25) is 4.98 Å². The van der Waals surface area contributed by atoms with Crippen LogP contribution >= 0.6 is 15.9 Å². The normalized spacial score (nSPS) is 12.7. The van der Waals surface area contributed by atoms with Gasteiger partial charge in [-0.15, -0.1) is 0 Å². The Kier molecular flexibility index (Phi) is 5.88. The van der Waals surface area contributed by atoms with Crippen molar-refractivity contribution in [3.8, 4) is 0 Å². The molecule has 1 atom stereocenters. The quantitative estimate of drug-likeness (QED) is 0.785. The van der Waals surface area contributed by atoms with Gasteiger partial charge < -0.3 is 4.74 Å². The van der Waals surface area contributed by atoms with Gasteiger partial charge >= 0.3 is 0 Å². The molecule has 0 saturated carbocycles. The van der Waals surface area contributed by atoms with Crippen molar-refractivity contribution in [2.45, 2.75) is 33.3 Å². The van der Waals surface area contributed by atoms with Crippen LogP contribution in [0, 0.1) is 5.92 Å². The molecule has 1 aromatic heterocycles. The van der Waals surface area contributed by atoms with Crippen LogP contribution in [-0.4, -0.2) is 11.6 Å². The van der Waals surface area contributed by atoms with E-state index in [2.05, 4.69) is 34.8 Å². The van der Waals surface area contributed by atoms with Gasteiger partial charge in [0.05, 0.1) is 6.61 Å². The van der Waals surface area contributed by atoms with Crippen molar-refractivity contribution in [2.75, 3.05) is 6.61 Å². The van der Waals surface area contributed by atoms with E-state index in [1.807, 2.05) is 12.3 Å². The Bertz CT molecular complexity index is 291. The zero-order valence-corrected chi connectivity index (χ0v) is 11.0. The van der Waals surface area contributed by atoms with Gasteiger partial charge in [0.1, 0.15) is 0 Å². The van der Waals surface area contributed by atoms with Crippen molar-refractivity contribution in [1.29, 1.82) is 0 Å². The predicted octanol–water partition coefficient (Wildman–Crippen LogP) is 3.80. The number of aromatic nitrogens is 1. The lowest BCUT2D eigenvalue weighted by Crippen LogP contribution is -2.05. The number of ether oxygens (including phenoxy) is 1. The summed E-state index contributed by atoms with van der Waals surface area (Å²) in [5, 5.41) is 0. The molecule has 1 heterocycles. The van der Waals surface area contributed by atoms with E-state index in [1.165, 1.54) is 12.8 Å². The Morgan fingerprint density at radius 2 is 2.27 bits per heavy atom. The van der Waals surface area contributed by atoms with Crippen LogP contribution in [0.25, 0.3) is 0 Å². The highest BCUT2D eigenvalue weighted by Crippen LogP contribution is 2.11. The molecule has 3 heteroatoms. The minimum Gasteiger partial charge on any atom is -0.376 e. The third-order valence-electron chi connectivity index (χ3n) is 2.21. The van der Waals surface area contributed by atoms with E-state index < -0.39 is 0 Å². The van der Waals surface area contributed by atoms with Crippen LogP contribution in [0.15, 0.2) is 22.9 Å². The Morgan fingerprint density at radius 1 is 1.47 bits per heavy atom. The SMILES string of the molecule is CCCC(C)COCc1cncc(Br)c1. The molecule has 0 radical (unpaired) electrons. The molecule has 1 aromatic rings. The maximum absolute atomic E-state index is 5.63. The van der Waals surface area contributed by atoms with Crippen LogP contribution < -0.4 is 0 Å². The van der Waals surface area contributed by atoms with Gasteiger partial charge in [0.15, 0.2) is 0 Å². The number of rotatable bonds is 6. The fraction of sp³-hybridized carbons (Fsp3) is 0.583. The third kappa shape index (κ3) is 5.28. The smallest absolute Gasteiger partial charge is 0.0732 e. The lowest BCUT2D eigenvalue weighted by atomic mass is 10.1. The summed E-state index contributed by atoms with van der Waals surface area (Å²) >= 11 is 3.39. The summed E-state index contributed by atoms with van der Waals surface area (Å²) in [5.41, 5.74) is 1.12. The van der Waals surface area contributed by atoms with E-state index in [9.17, 15) is 0 Å². The molecule has 0 aliphatic heterocycles. The second-order valence-corrected chi connectivity index (χ2v) is 4.84. The highest BCUT2D eigenvalue weighted by molar-refractivity contribution is 9.10. The standard InChI is InChI=1S/C12H18BrNO/c1-3-4-10(2)8-15-9-11-5-12(13)7-14-6-11/h5-7,10H,3-4,8-9H2,1-2H3. The maximum Gasteiger partial charge on any atom is 0.0732 e. The van der Waals surface area contributed by atoms with Crippen molar-refractivity contribution in [2.24, 2.45) is 5.92 Å². The Morgan fingerprint density at radius 3 is 2.93 bits per heavy atom. The molecule has 0 aliphatic rings. The van der Waals surface area contributed by atoms with E-state index in [0.717, 1.165) is 16.6 Å². The summed E-state index contributed by atoms with van der Waals surface area (Å²) in [6, 6.07) is 2.04. The maximum atomic E-state index is 5.63. The van der Waals surface area contributed by atoms with Crippen molar-refractivity contribution in [1.82, 2.24) is 4.98 Å². The highest BCUT2D eigenvalue weighted by Gasteiger charge is 2.01. The number of hydrogen-bond donors (Lipinski definition) is 0. The monoisotopic (exact) mass is 271 g/mol. The number of halogens is 1. The molecule has 0 N–H and O–H groups in total. The van der Waals surface area contributed by atoms with Crippen LogP contribution in [0.1, 0.15) is 32.3 Å². The van der Waals surface area contributed by atoms with Gasteiger partial charge in [-0.2, -0.15) is 0 Å². The summed E-state index contributed by atoms with van der Waals surface area (Å²) in [7, 11) is 0. The first kappa shape index (κ1) is 12.7. The van der Waals surface area contributed by atoms with Gasteiger partial charge in [-0.05, 0) is 39.9 Å². The Labute approximate surface area is 100 Å². The zero-order chi connectivity index (χ0) is 11.1. The molecule has 84 valence electrons. The molecule has 0 amide bonds. The third-order valence-corrected chi connectivity index (χ3v) is 2.65. The average molecular weight is 272 g/mol. The van der Waals surface area contributed by atoms with Gasteiger partial charge in [0, 0.05) is 23.5 Å². The summed E-state index contributed by atoms with van der Waals surface area (Å²) in [6.45, 7) is 5.91. The summed E-state index contributed by atoms with van der Waals surface area (Å²) in [4.78, 5) is 4.09. The average Bonchev–Trinajstić information content (AvgIpc) is 2.18. The molecule has 0 saturated heterocycles. The van der Waals surface area contributed by atoms with Crippen LogP contribution in [0.4, 0.5) is 0 Å². The summed E-state index contributed by atoms with van der Waals surface area (Å²) in [6.07, 6.45) is 6.08. The van der Waals surface area contributed by atoms with Crippen LogP contribution in [0.3, 0.4) is 0 Å². The molecule has 1 rings (SSSR count). The van der Waals surface area contributed by atoms with Crippen molar-refractivity contribution in [3.63, 3.8) is 0 Å². The second-order valence-electron chi connectivity index (χ2n) is 3.92. The molecule has 0 bridgehead atoms. The molecule has 15 heavy (non-hydrogen) atoms. The highest BCUT2D eigenvalue weighted by atomic mass is 79.9. The van der Waals surface area contributed by atoms with Crippen molar-refractivity contribution >= 4 is 15.9 Å². The van der Waals surface area contributed by atoms with Gasteiger partial charge in [-0.25, -0.2) is 0 Å². The van der Waals surface area contributed by atoms with E-state index in [4.69, 9.17) is 4.74 Å². The van der Waals surface area contributed by atoms with Crippen LogP contribution in [0.2, 0.25) is 0 Å². The first-order valence-electron chi connectivity index (χ1n) is 5.39. The van der Waals surface area contributed by atoms with E-state index >= 15 is 0 Å². The van der Waals surface area contributed by atoms with Gasteiger partial charge in [-0.1, -0.05) is 20.3 Å². The van der Waals surface area contributed by atoms with Crippen molar-refractivity contribution in [3.05, 3.63) is 28.5 Å². The predicted molar refractivity (Wildman–Crippen MR) is 65.7 cm³/mol. The molecule has 0 spiro atoms. The van der Waals surface area contributed by atoms with Crippen LogP contribution in [0.5, 0.6) is 0 Å². The zero-order valence-electron chi connectivity index (χ0n) is 9.37. The van der Waals surface area contributed by atoms with E-state index in [1.54, 1.807) is 6.20 Å².